The predicted molar refractivity (Wildman–Crippen MR) is 110 cm³/mol. The van der Waals surface area contributed by atoms with E-state index < -0.39 is 5.97 Å². The molecule has 1 N–H and O–H groups in total. The van der Waals surface area contributed by atoms with Crippen molar-refractivity contribution in [3.63, 3.8) is 0 Å². The molecular weight excluding hydrogens is 406 g/mol. The van der Waals surface area contributed by atoms with Crippen LogP contribution in [0.3, 0.4) is 0 Å². The summed E-state index contributed by atoms with van der Waals surface area (Å²) >= 11 is 1.21. The zero-order valence-corrected chi connectivity index (χ0v) is 16.8. The molecule has 3 aromatic heterocycles. The van der Waals surface area contributed by atoms with E-state index in [0.717, 1.165) is 0 Å². The van der Waals surface area contributed by atoms with Crippen LogP contribution in [0.15, 0.2) is 64.4 Å². The normalized spacial score (nSPS) is 10.8. The number of thioether (sulfide) groups is 1. The average molecular weight is 423 g/mol. The lowest BCUT2D eigenvalue weighted by Gasteiger charge is -2.06. The van der Waals surface area contributed by atoms with Crippen LogP contribution < -0.4 is 5.32 Å². The summed E-state index contributed by atoms with van der Waals surface area (Å²) in [6.07, 6.45) is 1.58. The highest BCUT2D eigenvalue weighted by Gasteiger charge is 2.13. The molecule has 3 heterocycles. The van der Waals surface area contributed by atoms with Crippen molar-refractivity contribution in [2.45, 2.75) is 12.1 Å². The Balaban J connectivity index is 1.39. The number of carbonyl (C=O) groups excluding carboxylic acids is 2. The van der Waals surface area contributed by atoms with Gasteiger partial charge in [0.05, 0.1) is 24.2 Å². The van der Waals surface area contributed by atoms with Crippen LogP contribution in [0.5, 0.6) is 0 Å². The number of anilines is 1. The van der Waals surface area contributed by atoms with Crippen molar-refractivity contribution in [2.24, 2.45) is 0 Å². The first-order chi connectivity index (χ1) is 14.6. The maximum Gasteiger partial charge on any atom is 0.338 e. The zero-order valence-electron chi connectivity index (χ0n) is 15.9. The fraction of sp³-hybridized carbons (Fsp3) is 0.150. The Labute approximate surface area is 175 Å². The number of carbonyl (C=O) groups is 2. The van der Waals surface area contributed by atoms with Crippen molar-refractivity contribution in [1.29, 1.82) is 0 Å². The third kappa shape index (κ3) is 4.33. The fourth-order valence-corrected chi connectivity index (χ4v) is 3.33. The molecule has 0 atom stereocenters. The third-order valence-electron chi connectivity index (χ3n) is 4.02. The Morgan fingerprint density at radius 2 is 1.97 bits per heavy atom. The molecule has 0 saturated carbocycles. The largest absolute Gasteiger partial charge is 0.463 e. The van der Waals surface area contributed by atoms with Gasteiger partial charge in [0.1, 0.15) is 5.69 Å². The quantitative estimate of drug-likeness (QED) is 0.356. The summed E-state index contributed by atoms with van der Waals surface area (Å²) < 4.78 is 11.9. The monoisotopic (exact) mass is 423 g/mol. The van der Waals surface area contributed by atoms with Crippen LogP contribution in [0.4, 0.5) is 5.69 Å². The minimum atomic E-state index is -0.397. The molecule has 10 heteroatoms. The van der Waals surface area contributed by atoms with Crippen molar-refractivity contribution in [3.8, 4) is 11.5 Å². The standard InChI is InChI=1S/C20H17N5O4S/c1-2-28-19(27)13-5-7-14(8-6-13)21-18(26)12-30-20-23-22-17-10-9-15(24-25(17)20)16-4-3-11-29-16/h3-11H,2,12H2,1H3,(H,21,26). The van der Waals surface area contributed by atoms with Gasteiger partial charge in [-0.2, -0.15) is 9.61 Å². The van der Waals surface area contributed by atoms with Gasteiger partial charge in [-0.05, 0) is 55.5 Å². The first-order valence-electron chi connectivity index (χ1n) is 9.10. The van der Waals surface area contributed by atoms with E-state index in [1.165, 1.54) is 11.8 Å². The molecule has 0 saturated heterocycles. The van der Waals surface area contributed by atoms with Crippen LogP contribution in [-0.4, -0.2) is 44.0 Å². The average Bonchev–Trinajstić information content (AvgIpc) is 3.43. The SMILES string of the molecule is CCOC(=O)c1ccc(NC(=O)CSc2nnc3ccc(-c4ccco4)nn23)cc1. The molecule has 0 radical (unpaired) electrons. The smallest absolute Gasteiger partial charge is 0.338 e. The Kier molecular flexibility index (Phi) is 5.75. The lowest BCUT2D eigenvalue weighted by Crippen LogP contribution is -2.14. The minimum absolute atomic E-state index is 0.118. The molecule has 4 rings (SSSR count). The van der Waals surface area contributed by atoms with Gasteiger partial charge >= 0.3 is 5.97 Å². The summed E-state index contributed by atoms with van der Waals surface area (Å²) in [5.41, 5.74) is 2.22. The third-order valence-corrected chi connectivity index (χ3v) is 4.94. The van der Waals surface area contributed by atoms with Crippen LogP contribution in [0.25, 0.3) is 17.1 Å². The van der Waals surface area contributed by atoms with Gasteiger partial charge in [-0.3, -0.25) is 4.79 Å². The van der Waals surface area contributed by atoms with E-state index in [-0.39, 0.29) is 11.7 Å². The van der Waals surface area contributed by atoms with Crippen molar-refractivity contribution < 1.29 is 18.7 Å². The molecule has 0 fully saturated rings. The highest BCUT2D eigenvalue weighted by Crippen LogP contribution is 2.21. The van der Waals surface area contributed by atoms with E-state index >= 15 is 0 Å². The molecule has 4 aromatic rings. The van der Waals surface area contributed by atoms with E-state index in [0.29, 0.717) is 40.1 Å². The van der Waals surface area contributed by atoms with Crippen molar-refractivity contribution in [3.05, 3.63) is 60.4 Å². The summed E-state index contributed by atoms with van der Waals surface area (Å²) in [5, 5.41) is 15.9. The summed E-state index contributed by atoms with van der Waals surface area (Å²) in [5.74, 6) is 0.131. The Bertz CT molecular complexity index is 1170. The van der Waals surface area contributed by atoms with Gasteiger partial charge in [-0.25, -0.2) is 4.79 Å². The highest BCUT2D eigenvalue weighted by molar-refractivity contribution is 7.99. The summed E-state index contributed by atoms with van der Waals surface area (Å²) in [7, 11) is 0. The second-order valence-corrected chi connectivity index (χ2v) is 7.03. The Morgan fingerprint density at radius 1 is 1.13 bits per heavy atom. The number of amides is 1. The fourth-order valence-electron chi connectivity index (χ4n) is 2.65. The Morgan fingerprint density at radius 3 is 2.70 bits per heavy atom. The van der Waals surface area contributed by atoms with E-state index in [4.69, 9.17) is 9.15 Å². The predicted octanol–water partition coefficient (Wildman–Crippen LogP) is 3.29. The van der Waals surface area contributed by atoms with Crippen LogP contribution in [0, 0.1) is 0 Å². The summed E-state index contributed by atoms with van der Waals surface area (Å²) in [6, 6.07) is 13.7. The molecule has 0 bridgehead atoms. The number of aromatic nitrogens is 4. The van der Waals surface area contributed by atoms with E-state index in [1.54, 1.807) is 60.2 Å². The van der Waals surface area contributed by atoms with E-state index in [2.05, 4.69) is 20.6 Å². The molecule has 1 amide bonds. The molecule has 1 aromatic carbocycles. The molecule has 0 aliphatic carbocycles. The molecule has 0 spiro atoms. The lowest BCUT2D eigenvalue weighted by atomic mass is 10.2. The first-order valence-corrected chi connectivity index (χ1v) is 10.1. The topological polar surface area (TPSA) is 112 Å². The maximum absolute atomic E-state index is 12.3. The van der Waals surface area contributed by atoms with E-state index in [1.807, 2.05) is 6.07 Å². The second kappa shape index (κ2) is 8.78. The van der Waals surface area contributed by atoms with Crippen LogP contribution in [0.2, 0.25) is 0 Å². The van der Waals surface area contributed by atoms with Crippen molar-refractivity contribution in [1.82, 2.24) is 19.8 Å². The van der Waals surface area contributed by atoms with Gasteiger partial charge < -0.3 is 14.5 Å². The molecule has 0 aliphatic heterocycles. The van der Waals surface area contributed by atoms with Gasteiger partial charge in [-0.15, -0.1) is 10.2 Å². The van der Waals surface area contributed by atoms with Gasteiger partial charge in [-0.1, -0.05) is 11.8 Å². The summed E-state index contributed by atoms with van der Waals surface area (Å²) in [4.78, 5) is 24.0. The number of fused-ring (bicyclic) bond motifs is 1. The molecule has 0 aliphatic rings. The minimum Gasteiger partial charge on any atom is -0.463 e. The number of nitrogens with zero attached hydrogens (tertiary/aromatic N) is 4. The summed E-state index contributed by atoms with van der Waals surface area (Å²) in [6.45, 7) is 2.06. The number of nitrogens with one attached hydrogen (secondary N) is 1. The number of ether oxygens (including phenoxy) is 1. The van der Waals surface area contributed by atoms with Gasteiger partial charge in [0.25, 0.3) is 0 Å². The number of hydrogen-bond acceptors (Lipinski definition) is 8. The molecule has 152 valence electrons. The first kappa shape index (κ1) is 19.6. The highest BCUT2D eigenvalue weighted by atomic mass is 32.2. The van der Waals surface area contributed by atoms with Crippen LogP contribution >= 0.6 is 11.8 Å². The van der Waals surface area contributed by atoms with Crippen molar-refractivity contribution >= 4 is 35.0 Å². The number of hydrogen-bond donors (Lipinski definition) is 1. The number of esters is 1. The molecule has 30 heavy (non-hydrogen) atoms. The number of furan rings is 1. The van der Waals surface area contributed by atoms with Gasteiger partial charge in [0, 0.05) is 5.69 Å². The second-order valence-electron chi connectivity index (χ2n) is 6.08. The Hall–Kier alpha value is -3.66. The van der Waals surface area contributed by atoms with Crippen LogP contribution in [0.1, 0.15) is 17.3 Å². The van der Waals surface area contributed by atoms with E-state index in [9.17, 15) is 9.59 Å². The van der Waals surface area contributed by atoms with Gasteiger partial charge in [0.15, 0.2) is 11.4 Å². The van der Waals surface area contributed by atoms with Gasteiger partial charge in [0.2, 0.25) is 11.1 Å². The molecular formula is C20H17N5O4S. The lowest BCUT2D eigenvalue weighted by molar-refractivity contribution is -0.113. The number of rotatable bonds is 7. The molecule has 9 nitrogen and oxygen atoms in total. The molecule has 0 unspecified atom stereocenters. The van der Waals surface area contributed by atoms with Crippen molar-refractivity contribution in [2.75, 3.05) is 17.7 Å². The maximum atomic E-state index is 12.3. The zero-order chi connectivity index (χ0) is 20.9. The van der Waals surface area contributed by atoms with Crippen LogP contribution in [-0.2, 0) is 9.53 Å². The number of benzene rings is 1.